The van der Waals surface area contributed by atoms with Crippen LogP contribution in [-0.2, 0) is 15.9 Å². The van der Waals surface area contributed by atoms with E-state index in [1.165, 1.54) is 6.42 Å². The van der Waals surface area contributed by atoms with Crippen LogP contribution in [0, 0.1) is 22.7 Å². The van der Waals surface area contributed by atoms with E-state index in [-0.39, 0.29) is 10.8 Å². The van der Waals surface area contributed by atoms with Crippen LogP contribution in [0.2, 0.25) is 0 Å². The third-order valence-corrected chi connectivity index (χ3v) is 9.07. The minimum atomic E-state index is -0.447. The van der Waals surface area contributed by atoms with Gasteiger partial charge in [-0.3, -0.25) is 0 Å². The molecule has 0 amide bonds. The molecular weight excluding hydrogens is 408 g/mol. The molecule has 6 nitrogen and oxygen atoms in total. The summed E-state index contributed by atoms with van der Waals surface area (Å²) in [5, 5.41) is 0. The molecule has 1 saturated heterocycles. The van der Waals surface area contributed by atoms with Gasteiger partial charge in [0.25, 0.3) is 0 Å². The van der Waals surface area contributed by atoms with Crippen molar-refractivity contribution in [1.82, 2.24) is 0 Å². The van der Waals surface area contributed by atoms with Crippen molar-refractivity contribution in [3.63, 3.8) is 0 Å². The summed E-state index contributed by atoms with van der Waals surface area (Å²) in [5.41, 5.74) is 0.998. The summed E-state index contributed by atoms with van der Waals surface area (Å²) < 4.78 is 35.9. The number of benzene rings is 1. The second-order valence-electron chi connectivity index (χ2n) is 10.3. The Hall–Kier alpha value is -1.66. The van der Waals surface area contributed by atoms with E-state index in [1.54, 1.807) is 28.4 Å². The number of methoxy groups -OCH3 is 4. The predicted octanol–water partition coefficient (Wildman–Crippen LogP) is 5.25. The zero-order chi connectivity index (χ0) is 23.1. The highest BCUT2D eigenvalue weighted by Gasteiger charge is 2.64. The van der Waals surface area contributed by atoms with Crippen molar-refractivity contribution in [1.29, 1.82) is 0 Å². The normalized spacial score (nSPS) is 33.6. The SMILES string of the molecule is COc1cc(OC)c(OC)c(C[C@]2(C)[C@@H](C)CC[C@@]3(C)[C@H]2CCCC32OCCO2)c1OC. The molecule has 2 aliphatic carbocycles. The molecule has 4 rings (SSSR count). The molecule has 0 N–H and O–H groups in total. The molecule has 0 unspecified atom stereocenters. The van der Waals surface area contributed by atoms with Gasteiger partial charge in [-0.25, -0.2) is 0 Å². The zero-order valence-corrected chi connectivity index (χ0v) is 20.8. The second kappa shape index (κ2) is 8.60. The maximum atomic E-state index is 6.38. The Labute approximate surface area is 192 Å². The average molecular weight is 449 g/mol. The van der Waals surface area contributed by atoms with E-state index in [2.05, 4.69) is 20.8 Å². The van der Waals surface area contributed by atoms with Crippen LogP contribution in [-0.4, -0.2) is 47.4 Å². The van der Waals surface area contributed by atoms with Gasteiger partial charge in [-0.2, -0.15) is 0 Å². The minimum absolute atomic E-state index is 0.00761. The van der Waals surface area contributed by atoms with Crippen LogP contribution in [0.5, 0.6) is 23.0 Å². The molecule has 6 heteroatoms. The highest BCUT2D eigenvalue weighted by atomic mass is 16.7. The van der Waals surface area contributed by atoms with Crippen LogP contribution in [0.25, 0.3) is 0 Å². The van der Waals surface area contributed by atoms with E-state index in [0.717, 1.165) is 49.2 Å². The molecular formula is C26H40O6. The first kappa shape index (κ1) is 23.5. The summed E-state index contributed by atoms with van der Waals surface area (Å²) in [4.78, 5) is 0. The second-order valence-corrected chi connectivity index (χ2v) is 10.3. The fourth-order valence-corrected chi connectivity index (χ4v) is 7.19. The molecule has 0 bridgehead atoms. The number of ether oxygens (including phenoxy) is 6. The summed E-state index contributed by atoms with van der Waals surface area (Å²) in [6.07, 6.45) is 6.37. The summed E-state index contributed by atoms with van der Waals surface area (Å²) >= 11 is 0. The smallest absolute Gasteiger partial charge is 0.174 e. The van der Waals surface area contributed by atoms with Crippen LogP contribution in [0.15, 0.2) is 6.07 Å². The molecule has 0 aromatic heterocycles. The van der Waals surface area contributed by atoms with Crippen molar-refractivity contribution >= 4 is 0 Å². The highest BCUT2D eigenvalue weighted by Crippen LogP contribution is 2.66. The highest BCUT2D eigenvalue weighted by molar-refractivity contribution is 5.61. The first-order valence-electron chi connectivity index (χ1n) is 11.9. The van der Waals surface area contributed by atoms with Crippen LogP contribution in [0.4, 0.5) is 0 Å². The lowest BCUT2D eigenvalue weighted by Gasteiger charge is -2.63. The molecule has 4 atom stereocenters. The molecule has 1 heterocycles. The first-order valence-corrected chi connectivity index (χ1v) is 11.9. The largest absolute Gasteiger partial charge is 0.493 e. The topological polar surface area (TPSA) is 55.4 Å². The molecule has 1 aliphatic heterocycles. The van der Waals surface area contributed by atoms with E-state index in [0.29, 0.717) is 36.5 Å². The fraction of sp³-hybridized carbons (Fsp3) is 0.769. The number of fused-ring (bicyclic) bond motifs is 2. The Bertz CT molecular complexity index is 802. The molecule has 180 valence electrons. The van der Waals surface area contributed by atoms with Crippen LogP contribution >= 0.6 is 0 Å². The third kappa shape index (κ3) is 3.28. The van der Waals surface area contributed by atoms with Gasteiger partial charge < -0.3 is 28.4 Å². The van der Waals surface area contributed by atoms with E-state index in [4.69, 9.17) is 28.4 Å². The zero-order valence-electron chi connectivity index (χ0n) is 20.8. The molecule has 1 aromatic rings. The van der Waals surface area contributed by atoms with Crippen LogP contribution in [0.1, 0.15) is 58.4 Å². The quantitative estimate of drug-likeness (QED) is 0.593. The Balaban J connectivity index is 1.82. The van der Waals surface area contributed by atoms with Crippen molar-refractivity contribution in [2.24, 2.45) is 22.7 Å². The Morgan fingerprint density at radius 1 is 0.875 bits per heavy atom. The molecule has 1 spiro atoms. The van der Waals surface area contributed by atoms with Gasteiger partial charge in [0, 0.05) is 23.5 Å². The van der Waals surface area contributed by atoms with Gasteiger partial charge in [0.2, 0.25) is 0 Å². The number of rotatable bonds is 6. The molecule has 3 fully saturated rings. The average Bonchev–Trinajstić information content (AvgIpc) is 3.27. The standard InChI is InChI=1S/C26H40O6/c1-17-10-12-25(3)21(9-8-11-26(25)31-13-14-32-26)24(17,2)16-18-22(29-6)19(27-4)15-20(28-5)23(18)30-7/h15,17,21H,8-14,16H2,1-7H3/t17-,21-,24+,25-/m0/s1. The molecule has 1 aromatic carbocycles. The van der Waals surface area contributed by atoms with Gasteiger partial charge in [0.05, 0.1) is 41.7 Å². The van der Waals surface area contributed by atoms with Crippen molar-refractivity contribution in [3.05, 3.63) is 11.6 Å². The Morgan fingerprint density at radius 2 is 1.47 bits per heavy atom. The summed E-state index contributed by atoms with van der Waals surface area (Å²) in [5.74, 6) is 3.32. The maximum Gasteiger partial charge on any atom is 0.174 e. The van der Waals surface area contributed by atoms with E-state index in [1.807, 2.05) is 6.07 Å². The number of hydrogen-bond acceptors (Lipinski definition) is 6. The molecule has 32 heavy (non-hydrogen) atoms. The lowest BCUT2D eigenvalue weighted by atomic mass is 9.45. The Kier molecular flexibility index (Phi) is 6.32. The van der Waals surface area contributed by atoms with E-state index >= 15 is 0 Å². The fourth-order valence-electron chi connectivity index (χ4n) is 7.19. The van der Waals surface area contributed by atoms with Gasteiger partial charge in [0.1, 0.15) is 0 Å². The Morgan fingerprint density at radius 3 is 2.00 bits per heavy atom. The lowest BCUT2D eigenvalue weighted by molar-refractivity contribution is -0.297. The summed E-state index contributed by atoms with van der Waals surface area (Å²) in [7, 11) is 6.71. The lowest BCUT2D eigenvalue weighted by Crippen LogP contribution is -2.62. The van der Waals surface area contributed by atoms with Gasteiger partial charge in [0.15, 0.2) is 28.8 Å². The third-order valence-electron chi connectivity index (χ3n) is 9.07. The van der Waals surface area contributed by atoms with Crippen LogP contribution < -0.4 is 18.9 Å². The molecule has 2 saturated carbocycles. The van der Waals surface area contributed by atoms with E-state index in [9.17, 15) is 0 Å². The van der Waals surface area contributed by atoms with Crippen molar-refractivity contribution in [3.8, 4) is 23.0 Å². The van der Waals surface area contributed by atoms with Crippen molar-refractivity contribution in [2.45, 2.75) is 65.1 Å². The summed E-state index contributed by atoms with van der Waals surface area (Å²) in [6, 6.07) is 1.84. The van der Waals surface area contributed by atoms with Crippen molar-refractivity contribution < 1.29 is 28.4 Å². The minimum Gasteiger partial charge on any atom is -0.493 e. The monoisotopic (exact) mass is 448 g/mol. The van der Waals surface area contributed by atoms with Gasteiger partial charge in [-0.1, -0.05) is 20.8 Å². The van der Waals surface area contributed by atoms with Gasteiger partial charge >= 0.3 is 0 Å². The maximum absolute atomic E-state index is 6.38. The first-order chi connectivity index (χ1) is 15.3. The van der Waals surface area contributed by atoms with E-state index < -0.39 is 5.79 Å². The molecule has 3 aliphatic rings. The van der Waals surface area contributed by atoms with Gasteiger partial charge in [-0.15, -0.1) is 0 Å². The van der Waals surface area contributed by atoms with Gasteiger partial charge in [-0.05, 0) is 49.4 Å². The number of hydrogen-bond donors (Lipinski definition) is 0. The van der Waals surface area contributed by atoms with Crippen molar-refractivity contribution in [2.75, 3.05) is 41.7 Å². The summed E-state index contributed by atoms with van der Waals surface area (Å²) in [6.45, 7) is 8.64. The van der Waals surface area contributed by atoms with Crippen LogP contribution in [0.3, 0.4) is 0 Å². The molecule has 0 radical (unpaired) electrons. The predicted molar refractivity (Wildman–Crippen MR) is 123 cm³/mol.